The number of hydrogen-bond acceptors (Lipinski definition) is 4. The van der Waals surface area contributed by atoms with Crippen molar-refractivity contribution in [3.05, 3.63) is 34.7 Å². The van der Waals surface area contributed by atoms with Crippen LogP contribution in [0.4, 0.5) is 13.2 Å². The van der Waals surface area contributed by atoms with Gasteiger partial charge in [-0.25, -0.2) is 10.8 Å². The lowest BCUT2D eigenvalue weighted by Crippen LogP contribution is -2.40. The number of hydrogen-bond donors (Lipinski definition) is 3. The quantitative estimate of drug-likeness (QED) is 0.442. The predicted molar refractivity (Wildman–Crippen MR) is 89.6 cm³/mol. The summed E-state index contributed by atoms with van der Waals surface area (Å²) < 4.78 is 37.6. The highest BCUT2D eigenvalue weighted by Gasteiger charge is 2.33. The fourth-order valence-electron chi connectivity index (χ4n) is 2.91. The number of fused-ring (bicyclic) bond motifs is 1. The van der Waals surface area contributed by atoms with Gasteiger partial charge < -0.3 is 5.32 Å². The second-order valence-corrected chi connectivity index (χ2v) is 7.26. The Bertz CT molecular complexity index is 705. The van der Waals surface area contributed by atoms with Crippen molar-refractivity contribution in [2.24, 2.45) is 11.3 Å². The predicted octanol–water partition coefficient (Wildman–Crippen LogP) is 2.50. The second kappa shape index (κ2) is 6.76. The summed E-state index contributed by atoms with van der Waals surface area (Å²) in [5.74, 6) is 4.68. The third-order valence-electron chi connectivity index (χ3n) is 4.13. The first kappa shape index (κ1) is 19.4. The minimum atomic E-state index is -4.27. The van der Waals surface area contributed by atoms with E-state index in [1.165, 1.54) is 0 Å². The fraction of sp³-hybridized carbons (Fsp3) is 0.529. The third kappa shape index (κ3) is 4.58. The number of aryl methyl sites for hydroxylation is 1. The zero-order valence-electron chi connectivity index (χ0n) is 14.7. The van der Waals surface area contributed by atoms with Crippen molar-refractivity contribution >= 4 is 11.5 Å². The van der Waals surface area contributed by atoms with Gasteiger partial charge in [0.1, 0.15) is 5.69 Å². The topological polar surface area (TPSA) is 80.0 Å². The number of nitrogens with zero attached hydrogens (tertiary/aromatic N) is 1. The van der Waals surface area contributed by atoms with Crippen LogP contribution in [0.3, 0.4) is 0 Å². The average molecular weight is 356 g/mol. The minimum Gasteiger partial charge on any atom is -0.302 e. The molecular weight excluding hydrogens is 333 g/mol. The van der Waals surface area contributed by atoms with Gasteiger partial charge in [0.15, 0.2) is 0 Å². The third-order valence-corrected chi connectivity index (χ3v) is 4.13. The summed E-state index contributed by atoms with van der Waals surface area (Å²) in [7, 11) is 0. The molecule has 1 heterocycles. The Morgan fingerprint density at radius 1 is 1.36 bits per heavy atom. The van der Waals surface area contributed by atoms with Gasteiger partial charge in [0.05, 0.1) is 12.2 Å². The number of carbonyl (C=O) groups excluding carboxylic acids is 1. The van der Waals surface area contributed by atoms with E-state index in [9.17, 15) is 18.0 Å². The maximum atomic E-state index is 12.5. The van der Waals surface area contributed by atoms with Gasteiger partial charge in [0, 0.05) is 6.04 Å². The van der Waals surface area contributed by atoms with E-state index in [-0.39, 0.29) is 11.1 Å². The van der Waals surface area contributed by atoms with Crippen molar-refractivity contribution in [2.45, 2.75) is 46.3 Å². The van der Waals surface area contributed by atoms with Crippen LogP contribution in [0.25, 0.3) is 5.57 Å². The molecule has 0 spiro atoms. The molecule has 1 aliphatic carbocycles. The van der Waals surface area contributed by atoms with Crippen molar-refractivity contribution in [3.8, 4) is 0 Å². The fourth-order valence-corrected chi connectivity index (χ4v) is 2.91. The number of rotatable bonds is 3. The summed E-state index contributed by atoms with van der Waals surface area (Å²) in [6, 6.07) is 1.16. The lowest BCUT2D eigenvalue weighted by molar-refractivity contribution is -0.125. The number of nitrogen functional groups attached to an aromatic ring is 1. The van der Waals surface area contributed by atoms with Gasteiger partial charge in [0.2, 0.25) is 0 Å². The second-order valence-electron chi connectivity index (χ2n) is 7.26. The molecular formula is C17H23F3N4O. The summed E-state index contributed by atoms with van der Waals surface area (Å²) in [5.41, 5.74) is 5.01. The van der Waals surface area contributed by atoms with Gasteiger partial charge in [-0.3, -0.25) is 10.2 Å². The zero-order chi connectivity index (χ0) is 19.0. The molecule has 1 aromatic rings. The number of carbonyl (C=O) groups is 1. The molecule has 1 atom stereocenters. The summed E-state index contributed by atoms with van der Waals surface area (Å²) >= 11 is 0. The number of nitrogens with two attached hydrogens (primary N) is 1. The van der Waals surface area contributed by atoms with Crippen LogP contribution in [-0.2, 0) is 6.42 Å². The molecule has 0 bridgehead atoms. The first-order chi connectivity index (χ1) is 11.4. The van der Waals surface area contributed by atoms with Crippen LogP contribution < -0.4 is 16.6 Å². The van der Waals surface area contributed by atoms with Crippen molar-refractivity contribution in [1.82, 2.24) is 15.7 Å². The van der Waals surface area contributed by atoms with Gasteiger partial charge in [0.25, 0.3) is 5.91 Å². The Balaban J connectivity index is 2.48. The van der Waals surface area contributed by atoms with E-state index in [4.69, 9.17) is 5.84 Å². The lowest BCUT2D eigenvalue weighted by atomic mass is 9.77. The van der Waals surface area contributed by atoms with Crippen LogP contribution >= 0.6 is 0 Å². The van der Waals surface area contributed by atoms with Crippen LogP contribution in [-0.4, -0.2) is 29.7 Å². The zero-order valence-corrected chi connectivity index (χ0v) is 14.7. The first-order valence-electron chi connectivity index (χ1n) is 7.96. The van der Waals surface area contributed by atoms with E-state index in [0.29, 0.717) is 12.1 Å². The van der Waals surface area contributed by atoms with Crippen molar-refractivity contribution in [3.63, 3.8) is 0 Å². The van der Waals surface area contributed by atoms with Crippen LogP contribution in [0.15, 0.2) is 12.1 Å². The summed E-state index contributed by atoms with van der Waals surface area (Å²) in [6.07, 6.45) is -2.11. The maximum Gasteiger partial charge on any atom is 0.401 e. The Hall–Kier alpha value is -1.93. The number of alkyl halides is 3. The van der Waals surface area contributed by atoms with E-state index < -0.39 is 24.7 Å². The molecule has 138 valence electrons. The molecule has 0 fully saturated rings. The Kier molecular flexibility index (Phi) is 5.24. The number of amides is 1. The summed E-state index contributed by atoms with van der Waals surface area (Å²) in [5, 5.41) is 2.55. The van der Waals surface area contributed by atoms with Gasteiger partial charge in [-0.15, -0.1) is 0 Å². The molecule has 8 heteroatoms. The van der Waals surface area contributed by atoms with E-state index in [1.807, 2.05) is 27.7 Å². The lowest BCUT2D eigenvalue weighted by Gasteiger charge is -2.32. The molecule has 0 saturated carbocycles. The van der Waals surface area contributed by atoms with E-state index in [2.05, 4.69) is 15.7 Å². The molecule has 5 nitrogen and oxygen atoms in total. The van der Waals surface area contributed by atoms with Crippen LogP contribution in [0, 0.1) is 12.3 Å². The molecule has 0 saturated heterocycles. The molecule has 1 unspecified atom stereocenters. The highest BCUT2D eigenvalue weighted by atomic mass is 19.4. The number of halogens is 3. The van der Waals surface area contributed by atoms with Gasteiger partial charge in [-0.1, -0.05) is 26.8 Å². The van der Waals surface area contributed by atoms with Gasteiger partial charge >= 0.3 is 6.18 Å². The average Bonchev–Trinajstić information content (AvgIpc) is 2.50. The highest BCUT2D eigenvalue weighted by molar-refractivity contribution is 5.92. The minimum absolute atomic E-state index is 0.190. The Morgan fingerprint density at radius 2 is 2.00 bits per heavy atom. The molecule has 1 amide bonds. The molecule has 2 rings (SSSR count). The Morgan fingerprint density at radius 3 is 2.52 bits per heavy atom. The van der Waals surface area contributed by atoms with Crippen LogP contribution in [0.5, 0.6) is 0 Å². The van der Waals surface area contributed by atoms with Crippen molar-refractivity contribution < 1.29 is 18.0 Å². The number of nitrogens with one attached hydrogen (secondary N) is 2. The first-order valence-corrected chi connectivity index (χ1v) is 7.96. The van der Waals surface area contributed by atoms with E-state index in [0.717, 1.165) is 16.7 Å². The normalized spacial score (nSPS) is 17.8. The number of hydrazine groups is 1. The number of aromatic nitrogens is 1. The largest absolute Gasteiger partial charge is 0.401 e. The molecule has 4 N–H and O–H groups in total. The monoisotopic (exact) mass is 356 g/mol. The summed E-state index contributed by atoms with van der Waals surface area (Å²) in [4.78, 5) is 16.3. The molecule has 0 aromatic carbocycles. The molecule has 0 aliphatic heterocycles. The molecule has 25 heavy (non-hydrogen) atoms. The smallest absolute Gasteiger partial charge is 0.302 e. The molecule has 0 radical (unpaired) electrons. The maximum absolute atomic E-state index is 12.5. The highest BCUT2D eigenvalue weighted by Crippen LogP contribution is 2.39. The summed E-state index contributed by atoms with van der Waals surface area (Å²) in [6.45, 7) is 6.64. The van der Waals surface area contributed by atoms with Crippen molar-refractivity contribution in [1.29, 1.82) is 0 Å². The van der Waals surface area contributed by atoms with Crippen LogP contribution in [0.1, 0.15) is 48.1 Å². The van der Waals surface area contributed by atoms with Crippen molar-refractivity contribution in [2.75, 3.05) is 6.54 Å². The molecule has 1 aromatic heterocycles. The van der Waals surface area contributed by atoms with E-state index >= 15 is 0 Å². The molecule has 1 aliphatic rings. The number of pyridine rings is 1. The van der Waals surface area contributed by atoms with Gasteiger partial charge in [-0.2, -0.15) is 13.2 Å². The SMILES string of the molecule is Cc1cc(C(=O)NN)nc2c1CC(NCC(F)(F)F)C=C2C(C)(C)C. The number of allylic oxidation sites excluding steroid dienone is 1. The van der Waals surface area contributed by atoms with Gasteiger partial charge in [-0.05, 0) is 41.5 Å². The van der Waals surface area contributed by atoms with E-state index in [1.54, 1.807) is 12.1 Å². The van der Waals surface area contributed by atoms with Crippen LogP contribution in [0.2, 0.25) is 0 Å². The standard InChI is InChI=1S/C17H23F3N4O/c1-9-5-13(15(25)24-21)23-14-11(9)6-10(22-8-17(18,19)20)7-12(14)16(2,3)4/h5,7,10,22H,6,8,21H2,1-4H3,(H,24,25). The Labute approximate surface area is 144 Å².